The topological polar surface area (TPSA) is 51.8 Å². The van der Waals surface area contributed by atoms with Gasteiger partial charge in [-0.05, 0) is 68.8 Å². The number of furan rings is 1. The van der Waals surface area contributed by atoms with Gasteiger partial charge in [0.2, 0.25) is 0 Å². The maximum atomic E-state index is 6.51. The van der Waals surface area contributed by atoms with E-state index in [4.69, 9.17) is 19.4 Å². The number of hydrogen-bond donors (Lipinski definition) is 0. The average molecular weight is 704 g/mol. The highest BCUT2D eigenvalue weighted by atomic mass is 16.3. The third-order valence-electron chi connectivity index (χ3n) is 10.2. The Morgan fingerprint density at radius 2 is 0.727 bits per heavy atom. The Hall–Kier alpha value is -7.43. The molecule has 0 aliphatic heterocycles. The fourth-order valence-corrected chi connectivity index (χ4v) is 7.45. The molecule has 2 heterocycles. The predicted octanol–water partition coefficient (Wildman–Crippen LogP) is 13.4. The van der Waals surface area contributed by atoms with Crippen molar-refractivity contribution in [3.8, 4) is 78.7 Å². The Morgan fingerprint density at radius 3 is 1.42 bits per heavy atom. The number of fused-ring (bicyclic) bond motifs is 3. The molecule has 8 aromatic carbocycles. The van der Waals surface area contributed by atoms with Crippen molar-refractivity contribution in [1.29, 1.82) is 0 Å². The van der Waals surface area contributed by atoms with Crippen molar-refractivity contribution < 1.29 is 4.42 Å². The van der Waals surface area contributed by atoms with Crippen LogP contribution in [0.25, 0.3) is 101 Å². The van der Waals surface area contributed by atoms with E-state index in [9.17, 15) is 0 Å². The van der Waals surface area contributed by atoms with Crippen LogP contribution >= 0.6 is 0 Å². The van der Waals surface area contributed by atoms with Crippen molar-refractivity contribution in [3.63, 3.8) is 0 Å². The maximum Gasteiger partial charge on any atom is 0.164 e. The van der Waals surface area contributed by atoms with Crippen LogP contribution < -0.4 is 0 Å². The highest BCUT2D eigenvalue weighted by molar-refractivity contribution is 6.13. The van der Waals surface area contributed by atoms with Gasteiger partial charge in [-0.2, -0.15) is 0 Å². The predicted molar refractivity (Wildman–Crippen MR) is 225 cm³/mol. The second kappa shape index (κ2) is 13.8. The fourth-order valence-electron chi connectivity index (χ4n) is 7.45. The second-order valence-corrected chi connectivity index (χ2v) is 13.6. The average Bonchev–Trinajstić information content (AvgIpc) is 3.66. The zero-order valence-electron chi connectivity index (χ0n) is 29.8. The molecular weight excluding hydrogens is 671 g/mol. The Bertz CT molecular complexity index is 2950. The molecule has 0 aliphatic carbocycles. The fraction of sp³-hybridized carbons (Fsp3) is 0. The van der Waals surface area contributed by atoms with Gasteiger partial charge < -0.3 is 4.42 Å². The third-order valence-corrected chi connectivity index (χ3v) is 10.2. The molecule has 0 aliphatic rings. The molecule has 0 saturated heterocycles. The molecule has 55 heavy (non-hydrogen) atoms. The lowest BCUT2D eigenvalue weighted by Gasteiger charge is -2.12. The molecule has 258 valence electrons. The van der Waals surface area contributed by atoms with E-state index in [1.807, 2.05) is 30.3 Å². The first-order chi connectivity index (χ1) is 27.2. The first-order valence-electron chi connectivity index (χ1n) is 18.4. The van der Waals surface area contributed by atoms with Gasteiger partial charge in [-0.15, -0.1) is 0 Å². The Morgan fingerprint density at radius 1 is 0.273 bits per heavy atom. The van der Waals surface area contributed by atoms with Crippen LogP contribution in [0.1, 0.15) is 0 Å². The zero-order chi connectivity index (χ0) is 36.6. The van der Waals surface area contributed by atoms with Gasteiger partial charge in [0.1, 0.15) is 11.2 Å². The maximum absolute atomic E-state index is 6.51. The number of hydrogen-bond acceptors (Lipinski definition) is 4. The van der Waals surface area contributed by atoms with Crippen LogP contribution in [0.3, 0.4) is 0 Å². The molecule has 10 aromatic rings. The largest absolute Gasteiger partial charge is 0.456 e. The minimum absolute atomic E-state index is 0.575. The number of aromatic nitrogens is 3. The van der Waals surface area contributed by atoms with E-state index in [1.165, 1.54) is 11.1 Å². The lowest BCUT2D eigenvalue weighted by molar-refractivity contribution is 0.669. The molecule has 0 saturated carbocycles. The van der Waals surface area contributed by atoms with Gasteiger partial charge in [0, 0.05) is 27.5 Å². The van der Waals surface area contributed by atoms with Crippen LogP contribution in [0.4, 0.5) is 0 Å². The molecule has 0 fully saturated rings. The lowest BCUT2D eigenvalue weighted by atomic mass is 9.98. The monoisotopic (exact) mass is 703 g/mol. The Kier molecular flexibility index (Phi) is 8.12. The number of nitrogens with zero attached hydrogens (tertiary/aromatic N) is 3. The normalized spacial score (nSPS) is 11.3. The Labute approximate surface area is 319 Å². The van der Waals surface area contributed by atoms with Crippen LogP contribution in [-0.2, 0) is 0 Å². The van der Waals surface area contributed by atoms with Gasteiger partial charge in [0.15, 0.2) is 17.5 Å². The standard InChI is InChI=1S/C51H33N3O/c1-4-14-34(15-5-1)35-26-28-36(29-27-35)39-20-12-21-40(32-39)49-52-50(54-51(53-49)44-23-11-10-22-42(44)37-16-6-2-7-17-37)41-30-31-45-47(33-41)55-46-25-13-24-43(48(45)46)38-18-8-3-9-19-38/h1-33H. The van der Waals surface area contributed by atoms with Gasteiger partial charge in [0.25, 0.3) is 0 Å². The van der Waals surface area contributed by atoms with Crippen LogP contribution in [0.15, 0.2) is 205 Å². The summed E-state index contributed by atoms with van der Waals surface area (Å²) in [6.07, 6.45) is 0. The first-order valence-corrected chi connectivity index (χ1v) is 18.4. The summed E-state index contributed by atoms with van der Waals surface area (Å²) in [4.78, 5) is 15.5. The molecule has 4 heteroatoms. The van der Waals surface area contributed by atoms with Crippen molar-refractivity contribution >= 4 is 21.9 Å². The van der Waals surface area contributed by atoms with E-state index in [1.54, 1.807) is 0 Å². The molecule has 0 bridgehead atoms. The van der Waals surface area contributed by atoms with Gasteiger partial charge in [-0.3, -0.25) is 0 Å². The van der Waals surface area contributed by atoms with E-state index in [0.717, 1.165) is 72.0 Å². The lowest BCUT2D eigenvalue weighted by Crippen LogP contribution is -2.01. The van der Waals surface area contributed by atoms with Crippen molar-refractivity contribution in [3.05, 3.63) is 200 Å². The van der Waals surface area contributed by atoms with E-state index < -0.39 is 0 Å². The SMILES string of the molecule is c1ccc(-c2ccc(-c3cccc(-c4nc(-c5ccc6c(c5)oc5cccc(-c7ccccc7)c56)nc(-c5ccccc5-c5ccccc5)n4)c3)cc2)cc1. The van der Waals surface area contributed by atoms with Crippen LogP contribution in [0, 0.1) is 0 Å². The smallest absolute Gasteiger partial charge is 0.164 e. The van der Waals surface area contributed by atoms with E-state index >= 15 is 0 Å². The summed E-state index contributed by atoms with van der Waals surface area (Å²) in [5.41, 5.74) is 13.3. The summed E-state index contributed by atoms with van der Waals surface area (Å²) >= 11 is 0. The third kappa shape index (κ3) is 6.16. The van der Waals surface area contributed by atoms with Crippen molar-refractivity contribution in [2.45, 2.75) is 0 Å². The van der Waals surface area contributed by atoms with Gasteiger partial charge in [0.05, 0.1) is 0 Å². The van der Waals surface area contributed by atoms with E-state index in [2.05, 4.69) is 170 Å². The second-order valence-electron chi connectivity index (χ2n) is 13.6. The van der Waals surface area contributed by atoms with Crippen molar-refractivity contribution in [2.75, 3.05) is 0 Å². The molecule has 10 rings (SSSR count). The molecule has 0 radical (unpaired) electrons. The Balaban J connectivity index is 1.11. The summed E-state index contributed by atoms with van der Waals surface area (Å²) in [5.74, 6) is 1.78. The summed E-state index contributed by atoms with van der Waals surface area (Å²) in [6, 6.07) is 69.2. The van der Waals surface area contributed by atoms with Gasteiger partial charge in [-0.1, -0.05) is 176 Å². The number of benzene rings is 8. The molecule has 0 amide bonds. The molecule has 0 unspecified atom stereocenters. The zero-order valence-corrected chi connectivity index (χ0v) is 29.8. The summed E-state index contributed by atoms with van der Waals surface area (Å²) in [6.45, 7) is 0. The van der Waals surface area contributed by atoms with Crippen molar-refractivity contribution in [1.82, 2.24) is 15.0 Å². The van der Waals surface area contributed by atoms with E-state index in [0.29, 0.717) is 17.5 Å². The van der Waals surface area contributed by atoms with Crippen LogP contribution in [-0.4, -0.2) is 15.0 Å². The number of rotatable bonds is 7. The first kappa shape index (κ1) is 32.2. The van der Waals surface area contributed by atoms with E-state index in [-0.39, 0.29) is 0 Å². The van der Waals surface area contributed by atoms with Gasteiger partial charge >= 0.3 is 0 Å². The molecule has 0 atom stereocenters. The highest BCUT2D eigenvalue weighted by Gasteiger charge is 2.18. The summed E-state index contributed by atoms with van der Waals surface area (Å²) < 4.78 is 6.51. The van der Waals surface area contributed by atoms with Crippen LogP contribution in [0.2, 0.25) is 0 Å². The molecular formula is C51H33N3O. The molecule has 4 nitrogen and oxygen atoms in total. The quantitative estimate of drug-likeness (QED) is 0.166. The minimum atomic E-state index is 0.575. The highest BCUT2D eigenvalue weighted by Crippen LogP contribution is 2.39. The molecule has 0 N–H and O–H groups in total. The van der Waals surface area contributed by atoms with Crippen LogP contribution in [0.5, 0.6) is 0 Å². The molecule has 2 aromatic heterocycles. The van der Waals surface area contributed by atoms with Gasteiger partial charge in [-0.25, -0.2) is 15.0 Å². The summed E-state index contributed by atoms with van der Waals surface area (Å²) in [7, 11) is 0. The minimum Gasteiger partial charge on any atom is -0.456 e. The van der Waals surface area contributed by atoms with Crippen molar-refractivity contribution in [2.24, 2.45) is 0 Å². The molecule has 0 spiro atoms. The summed E-state index contributed by atoms with van der Waals surface area (Å²) in [5, 5.41) is 2.14.